The maximum Gasteiger partial charge on any atom is 0.137 e. The molecule has 0 saturated carbocycles. The van der Waals surface area contributed by atoms with Gasteiger partial charge in [0.05, 0.1) is 0 Å². The SMILES string of the molecule is C1CC(c2nnc3n2CCC3)CN(CC2CCNCC2)C1. The van der Waals surface area contributed by atoms with Gasteiger partial charge < -0.3 is 14.8 Å². The van der Waals surface area contributed by atoms with E-state index in [1.165, 1.54) is 76.5 Å². The first-order chi connectivity index (χ1) is 10.4. The van der Waals surface area contributed by atoms with Crippen molar-refractivity contribution in [2.24, 2.45) is 5.92 Å². The standard InChI is InChI=1S/C16H27N5/c1-3-14(16-19-18-15-4-2-10-21(15)16)12-20(9-1)11-13-5-7-17-8-6-13/h13-14,17H,1-12H2. The fraction of sp³-hybridized carbons (Fsp3) is 0.875. The van der Waals surface area contributed by atoms with Crippen LogP contribution in [0, 0.1) is 5.92 Å². The molecule has 116 valence electrons. The van der Waals surface area contributed by atoms with E-state index in [0.717, 1.165) is 18.9 Å². The minimum Gasteiger partial charge on any atom is -0.317 e. The second-order valence-electron chi connectivity index (χ2n) is 7.02. The number of nitrogens with zero attached hydrogens (tertiary/aromatic N) is 4. The second-order valence-corrected chi connectivity index (χ2v) is 7.02. The van der Waals surface area contributed by atoms with E-state index in [-0.39, 0.29) is 0 Å². The second kappa shape index (κ2) is 6.05. The quantitative estimate of drug-likeness (QED) is 0.914. The molecule has 4 rings (SSSR count). The summed E-state index contributed by atoms with van der Waals surface area (Å²) in [6.45, 7) is 7.32. The van der Waals surface area contributed by atoms with Crippen molar-refractivity contribution in [1.82, 2.24) is 25.0 Å². The summed E-state index contributed by atoms with van der Waals surface area (Å²) in [4.78, 5) is 2.70. The highest BCUT2D eigenvalue weighted by Crippen LogP contribution is 2.29. The van der Waals surface area contributed by atoms with Gasteiger partial charge in [-0.05, 0) is 57.7 Å². The summed E-state index contributed by atoms with van der Waals surface area (Å²) in [5.41, 5.74) is 0. The topological polar surface area (TPSA) is 46.0 Å². The smallest absolute Gasteiger partial charge is 0.137 e. The van der Waals surface area contributed by atoms with Crippen molar-refractivity contribution < 1.29 is 0 Å². The van der Waals surface area contributed by atoms with Crippen LogP contribution in [0.15, 0.2) is 0 Å². The van der Waals surface area contributed by atoms with Crippen LogP contribution in [-0.2, 0) is 13.0 Å². The molecule has 3 aliphatic rings. The summed E-state index contributed by atoms with van der Waals surface area (Å²) in [5.74, 6) is 4.01. The van der Waals surface area contributed by atoms with E-state index in [0.29, 0.717) is 5.92 Å². The number of rotatable bonds is 3. The number of hydrogen-bond acceptors (Lipinski definition) is 4. The van der Waals surface area contributed by atoms with Gasteiger partial charge >= 0.3 is 0 Å². The Balaban J connectivity index is 1.40. The summed E-state index contributed by atoms with van der Waals surface area (Å²) in [7, 11) is 0. The molecule has 0 amide bonds. The summed E-state index contributed by atoms with van der Waals surface area (Å²) < 4.78 is 2.40. The molecule has 21 heavy (non-hydrogen) atoms. The predicted octanol–water partition coefficient (Wildman–Crippen LogP) is 1.40. The molecular formula is C16H27N5. The minimum absolute atomic E-state index is 0.611. The minimum atomic E-state index is 0.611. The van der Waals surface area contributed by atoms with Gasteiger partial charge in [0.25, 0.3) is 0 Å². The largest absolute Gasteiger partial charge is 0.317 e. The van der Waals surface area contributed by atoms with Crippen LogP contribution < -0.4 is 5.32 Å². The Hall–Kier alpha value is -0.940. The normalized spacial score (nSPS) is 27.9. The molecule has 1 aromatic heterocycles. The highest BCUT2D eigenvalue weighted by atomic mass is 15.3. The molecule has 5 nitrogen and oxygen atoms in total. The molecule has 4 heterocycles. The molecule has 0 aliphatic carbocycles. The zero-order valence-electron chi connectivity index (χ0n) is 12.9. The maximum absolute atomic E-state index is 4.52. The van der Waals surface area contributed by atoms with Gasteiger partial charge in [0, 0.05) is 32.0 Å². The van der Waals surface area contributed by atoms with Crippen molar-refractivity contribution in [3.05, 3.63) is 11.6 Å². The summed E-state index contributed by atoms with van der Waals surface area (Å²) >= 11 is 0. The van der Waals surface area contributed by atoms with E-state index in [2.05, 4.69) is 25.0 Å². The van der Waals surface area contributed by atoms with Crippen molar-refractivity contribution in [2.45, 2.75) is 51.0 Å². The lowest BCUT2D eigenvalue weighted by atomic mass is 9.93. The lowest BCUT2D eigenvalue weighted by Gasteiger charge is -2.35. The Morgan fingerprint density at radius 2 is 1.95 bits per heavy atom. The summed E-state index contributed by atoms with van der Waals surface area (Å²) in [6, 6.07) is 0. The van der Waals surface area contributed by atoms with Crippen molar-refractivity contribution in [3.63, 3.8) is 0 Å². The third-order valence-electron chi connectivity index (χ3n) is 5.48. The molecule has 1 unspecified atom stereocenters. The first-order valence-electron chi connectivity index (χ1n) is 8.75. The van der Waals surface area contributed by atoms with Crippen LogP contribution in [0.25, 0.3) is 0 Å². The van der Waals surface area contributed by atoms with E-state index in [1.54, 1.807) is 0 Å². The van der Waals surface area contributed by atoms with Crippen LogP contribution >= 0.6 is 0 Å². The Bertz CT molecular complexity index is 477. The average Bonchev–Trinajstić information content (AvgIpc) is 3.11. The van der Waals surface area contributed by atoms with E-state index < -0.39 is 0 Å². The van der Waals surface area contributed by atoms with E-state index >= 15 is 0 Å². The molecule has 0 radical (unpaired) electrons. The molecular weight excluding hydrogens is 262 g/mol. The first kappa shape index (κ1) is 13.7. The van der Waals surface area contributed by atoms with Gasteiger partial charge in [0.2, 0.25) is 0 Å². The number of piperidine rings is 2. The van der Waals surface area contributed by atoms with Crippen LogP contribution in [-0.4, -0.2) is 52.4 Å². The zero-order valence-corrected chi connectivity index (χ0v) is 12.9. The molecule has 0 spiro atoms. The lowest BCUT2D eigenvalue weighted by Crippen LogP contribution is -2.41. The molecule has 1 N–H and O–H groups in total. The number of nitrogens with one attached hydrogen (secondary N) is 1. The van der Waals surface area contributed by atoms with Gasteiger partial charge in [-0.3, -0.25) is 0 Å². The molecule has 0 bridgehead atoms. The Kier molecular flexibility index (Phi) is 3.95. The molecule has 2 fully saturated rings. The highest BCUT2D eigenvalue weighted by molar-refractivity contribution is 5.07. The summed E-state index contributed by atoms with van der Waals surface area (Å²) in [6.07, 6.45) is 7.68. The van der Waals surface area contributed by atoms with Crippen molar-refractivity contribution >= 4 is 0 Å². The van der Waals surface area contributed by atoms with Crippen molar-refractivity contribution in [2.75, 3.05) is 32.7 Å². The van der Waals surface area contributed by atoms with Crippen LogP contribution in [0.5, 0.6) is 0 Å². The molecule has 3 aliphatic heterocycles. The average molecular weight is 289 g/mol. The first-order valence-corrected chi connectivity index (χ1v) is 8.75. The molecule has 5 heteroatoms. The third-order valence-corrected chi connectivity index (χ3v) is 5.48. The van der Waals surface area contributed by atoms with Crippen LogP contribution in [0.3, 0.4) is 0 Å². The predicted molar refractivity (Wildman–Crippen MR) is 82.4 cm³/mol. The number of likely N-dealkylation sites (tertiary alicyclic amines) is 1. The Labute approximate surface area is 127 Å². The van der Waals surface area contributed by atoms with Crippen LogP contribution in [0.1, 0.15) is 49.7 Å². The van der Waals surface area contributed by atoms with Crippen LogP contribution in [0.4, 0.5) is 0 Å². The zero-order chi connectivity index (χ0) is 14.1. The highest BCUT2D eigenvalue weighted by Gasteiger charge is 2.29. The van der Waals surface area contributed by atoms with Gasteiger partial charge in [-0.2, -0.15) is 0 Å². The number of aromatic nitrogens is 3. The molecule has 2 saturated heterocycles. The molecule has 0 aromatic carbocycles. The fourth-order valence-electron chi connectivity index (χ4n) is 4.34. The van der Waals surface area contributed by atoms with E-state index in [4.69, 9.17) is 0 Å². The van der Waals surface area contributed by atoms with Gasteiger partial charge in [-0.1, -0.05) is 0 Å². The van der Waals surface area contributed by atoms with Crippen molar-refractivity contribution in [1.29, 1.82) is 0 Å². The summed E-state index contributed by atoms with van der Waals surface area (Å²) in [5, 5.41) is 12.4. The van der Waals surface area contributed by atoms with E-state index in [1.807, 2.05) is 0 Å². The van der Waals surface area contributed by atoms with E-state index in [9.17, 15) is 0 Å². The third kappa shape index (κ3) is 2.86. The monoisotopic (exact) mass is 289 g/mol. The van der Waals surface area contributed by atoms with Gasteiger partial charge in [-0.25, -0.2) is 0 Å². The van der Waals surface area contributed by atoms with Gasteiger partial charge in [0.15, 0.2) is 0 Å². The number of aryl methyl sites for hydroxylation is 1. The van der Waals surface area contributed by atoms with Gasteiger partial charge in [0.1, 0.15) is 11.6 Å². The molecule has 1 aromatic rings. The van der Waals surface area contributed by atoms with Gasteiger partial charge in [-0.15, -0.1) is 10.2 Å². The maximum atomic E-state index is 4.52. The lowest BCUT2D eigenvalue weighted by molar-refractivity contribution is 0.160. The number of hydrogen-bond donors (Lipinski definition) is 1. The fourth-order valence-corrected chi connectivity index (χ4v) is 4.34. The number of fused-ring (bicyclic) bond motifs is 1. The Morgan fingerprint density at radius 1 is 1.05 bits per heavy atom. The molecule has 1 atom stereocenters. The van der Waals surface area contributed by atoms with Crippen molar-refractivity contribution in [3.8, 4) is 0 Å². The van der Waals surface area contributed by atoms with Crippen LogP contribution in [0.2, 0.25) is 0 Å². The Morgan fingerprint density at radius 3 is 2.86 bits per heavy atom.